The molecule has 0 aromatic carbocycles. The smallest absolute Gasteiger partial charge is 0.475 e. The van der Waals surface area contributed by atoms with E-state index in [-0.39, 0.29) is 5.91 Å². The van der Waals surface area contributed by atoms with Crippen LogP contribution in [0.3, 0.4) is 0 Å². The fourth-order valence-corrected chi connectivity index (χ4v) is 3.35. The summed E-state index contributed by atoms with van der Waals surface area (Å²) in [5, 5.41) is 12.1. The molecular formula is C20H22F3N3O3S. The monoisotopic (exact) mass is 441 g/mol. The van der Waals surface area contributed by atoms with E-state index in [4.69, 9.17) is 9.90 Å². The molecule has 30 heavy (non-hydrogen) atoms. The Morgan fingerprint density at radius 2 is 1.77 bits per heavy atom. The van der Waals surface area contributed by atoms with Crippen LogP contribution in [0, 0.1) is 0 Å². The lowest BCUT2D eigenvalue weighted by molar-refractivity contribution is -0.192. The third-order valence-corrected chi connectivity index (χ3v) is 5.10. The number of alkyl halides is 3. The number of carbonyl (C=O) groups excluding carboxylic acids is 1. The van der Waals surface area contributed by atoms with Gasteiger partial charge in [0.15, 0.2) is 0 Å². The molecule has 3 rings (SSSR count). The number of carbonyl (C=O) groups is 2. The van der Waals surface area contributed by atoms with Crippen molar-refractivity contribution >= 4 is 34.5 Å². The summed E-state index contributed by atoms with van der Waals surface area (Å²) in [5.74, 6) is -1.68. The highest BCUT2D eigenvalue weighted by atomic mass is 32.1. The Labute approximate surface area is 175 Å². The summed E-state index contributed by atoms with van der Waals surface area (Å²) in [5.41, 5.74) is 1.78. The first-order chi connectivity index (χ1) is 14.2. The number of nitrogens with zero attached hydrogens (tertiary/aromatic N) is 2. The van der Waals surface area contributed by atoms with Gasteiger partial charge in [-0.1, -0.05) is 6.07 Å². The van der Waals surface area contributed by atoms with E-state index in [1.165, 1.54) is 0 Å². The molecule has 0 bridgehead atoms. The number of pyridine rings is 1. The number of carboxylic acids is 1. The predicted molar refractivity (Wildman–Crippen MR) is 110 cm³/mol. The first kappa shape index (κ1) is 23.3. The van der Waals surface area contributed by atoms with Crippen molar-refractivity contribution in [3.63, 3.8) is 0 Å². The normalized spacial score (nSPS) is 11.0. The van der Waals surface area contributed by atoms with Crippen LogP contribution >= 0.6 is 11.3 Å². The Kier molecular flexibility index (Phi) is 7.87. The Balaban J connectivity index is 0.000000396. The van der Waals surface area contributed by atoms with Gasteiger partial charge in [-0.25, -0.2) is 4.79 Å². The molecule has 1 amide bonds. The van der Waals surface area contributed by atoms with E-state index in [0.717, 1.165) is 29.3 Å². The molecule has 3 heterocycles. The third-order valence-electron chi connectivity index (χ3n) is 4.23. The van der Waals surface area contributed by atoms with Gasteiger partial charge in [-0.15, -0.1) is 11.3 Å². The van der Waals surface area contributed by atoms with Gasteiger partial charge in [-0.2, -0.15) is 13.2 Å². The molecule has 3 aromatic rings. The van der Waals surface area contributed by atoms with Crippen LogP contribution in [-0.2, 0) is 11.3 Å². The molecule has 2 N–H and O–H groups in total. The van der Waals surface area contributed by atoms with Crippen molar-refractivity contribution in [1.29, 1.82) is 0 Å². The van der Waals surface area contributed by atoms with E-state index in [9.17, 15) is 18.0 Å². The number of rotatable bonds is 6. The zero-order valence-corrected chi connectivity index (χ0v) is 17.3. The molecule has 0 aliphatic rings. The third kappa shape index (κ3) is 5.99. The minimum absolute atomic E-state index is 0.0421. The molecule has 3 aromatic heterocycles. The zero-order chi connectivity index (χ0) is 22.3. The molecule has 0 aliphatic heterocycles. The number of hydrogen-bond donors (Lipinski definition) is 2. The maximum atomic E-state index is 12.4. The first-order valence-electron chi connectivity index (χ1n) is 9.14. The maximum Gasteiger partial charge on any atom is 0.490 e. The van der Waals surface area contributed by atoms with Crippen molar-refractivity contribution in [3.05, 3.63) is 58.4 Å². The molecule has 162 valence electrons. The fraction of sp³-hybridized carbons (Fsp3) is 0.300. The quantitative estimate of drug-likeness (QED) is 0.594. The molecule has 0 saturated carbocycles. The lowest BCUT2D eigenvalue weighted by atomic mass is 10.2. The lowest BCUT2D eigenvalue weighted by Crippen LogP contribution is -2.24. The fourth-order valence-electron chi connectivity index (χ4n) is 2.71. The number of anilines is 1. The number of fused-ring (bicyclic) bond motifs is 1. The van der Waals surface area contributed by atoms with E-state index in [1.807, 2.05) is 35.8 Å². The standard InChI is InChI=1S/C18H21N3OS.C2HF3O2/c1-3-20(4-2)17-10-9-15-8-7-14(13-21(15)17)18(22)19-12-16-6-5-11-23-16;3-2(4,5)1(6)7/h5-11,13H,3-4,12H2,1-2H3,(H,19,22);(H,6,7). The number of hydrogen-bond acceptors (Lipinski definition) is 4. The molecule has 0 fully saturated rings. The minimum Gasteiger partial charge on any atom is -0.475 e. The topological polar surface area (TPSA) is 74.0 Å². The van der Waals surface area contributed by atoms with Crippen molar-refractivity contribution < 1.29 is 27.9 Å². The number of aromatic nitrogens is 1. The number of amides is 1. The van der Waals surface area contributed by atoms with Crippen LogP contribution in [0.4, 0.5) is 19.0 Å². The summed E-state index contributed by atoms with van der Waals surface area (Å²) < 4.78 is 33.8. The van der Waals surface area contributed by atoms with Crippen molar-refractivity contribution in [2.24, 2.45) is 0 Å². The first-order valence-corrected chi connectivity index (χ1v) is 10.0. The Bertz CT molecular complexity index is 980. The molecule has 0 aliphatic carbocycles. The van der Waals surface area contributed by atoms with Crippen molar-refractivity contribution in [1.82, 2.24) is 9.72 Å². The van der Waals surface area contributed by atoms with Crippen LogP contribution < -0.4 is 10.2 Å². The number of aliphatic carboxylic acids is 1. The Hall–Kier alpha value is -3.01. The summed E-state index contributed by atoms with van der Waals surface area (Å²) in [4.78, 5) is 24.7. The Morgan fingerprint density at radius 3 is 2.30 bits per heavy atom. The molecule has 0 unspecified atom stereocenters. The lowest BCUT2D eigenvalue weighted by Gasteiger charge is -2.20. The van der Waals surface area contributed by atoms with E-state index >= 15 is 0 Å². The molecule has 0 spiro atoms. The average Bonchev–Trinajstić information content (AvgIpc) is 3.36. The van der Waals surface area contributed by atoms with Crippen LogP contribution in [0.2, 0.25) is 0 Å². The second-order valence-corrected chi connectivity index (χ2v) is 7.17. The highest BCUT2D eigenvalue weighted by Gasteiger charge is 2.38. The molecule has 0 atom stereocenters. The average molecular weight is 441 g/mol. The van der Waals surface area contributed by atoms with Gasteiger partial charge in [-0.3, -0.25) is 4.79 Å². The summed E-state index contributed by atoms with van der Waals surface area (Å²) in [7, 11) is 0. The van der Waals surface area contributed by atoms with Gasteiger partial charge < -0.3 is 19.7 Å². The van der Waals surface area contributed by atoms with Crippen LogP contribution in [0.1, 0.15) is 29.1 Å². The second kappa shape index (κ2) is 10.1. The van der Waals surface area contributed by atoms with Gasteiger partial charge in [0.2, 0.25) is 0 Å². The van der Waals surface area contributed by atoms with E-state index in [1.54, 1.807) is 11.3 Å². The van der Waals surface area contributed by atoms with Crippen molar-refractivity contribution in [2.45, 2.75) is 26.6 Å². The van der Waals surface area contributed by atoms with Crippen LogP contribution in [0.15, 0.2) is 48.0 Å². The predicted octanol–water partition coefficient (Wildman–Crippen LogP) is 4.41. The van der Waals surface area contributed by atoms with Crippen LogP contribution in [-0.4, -0.2) is 40.6 Å². The number of thiophene rings is 1. The van der Waals surface area contributed by atoms with E-state index in [2.05, 4.69) is 40.6 Å². The number of carboxylic acid groups (broad SMARTS) is 1. The number of nitrogens with one attached hydrogen (secondary N) is 1. The summed E-state index contributed by atoms with van der Waals surface area (Å²) >= 11 is 1.65. The van der Waals surface area contributed by atoms with Gasteiger partial charge in [0, 0.05) is 29.7 Å². The van der Waals surface area contributed by atoms with Crippen LogP contribution in [0.25, 0.3) is 5.52 Å². The second-order valence-electron chi connectivity index (χ2n) is 6.14. The van der Waals surface area contributed by atoms with Crippen molar-refractivity contribution in [2.75, 3.05) is 18.0 Å². The molecule has 0 saturated heterocycles. The van der Waals surface area contributed by atoms with Gasteiger partial charge >= 0.3 is 12.1 Å². The maximum absolute atomic E-state index is 12.4. The highest BCUT2D eigenvalue weighted by Crippen LogP contribution is 2.20. The number of halogens is 3. The largest absolute Gasteiger partial charge is 0.490 e. The zero-order valence-electron chi connectivity index (χ0n) is 16.4. The van der Waals surface area contributed by atoms with Gasteiger partial charge in [0.25, 0.3) is 5.91 Å². The molecule has 6 nitrogen and oxygen atoms in total. The Morgan fingerprint density at radius 1 is 1.13 bits per heavy atom. The van der Waals surface area contributed by atoms with Gasteiger partial charge in [0.05, 0.1) is 12.1 Å². The summed E-state index contributed by atoms with van der Waals surface area (Å²) in [6.45, 7) is 6.74. The van der Waals surface area contributed by atoms with Crippen LogP contribution in [0.5, 0.6) is 0 Å². The van der Waals surface area contributed by atoms with Crippen molar-refractivity contribution in [3.8, 4) is 0 Å². The SMILES string of the molecule is CCN(CC)c1ccc2ccc(C(=O)NCc3cccs3)cn12.O=C(O)C(F)(F)F. The summed E-state index contributed by atoms with van der Waals surface area (Å²) in [6.07, 6.45) is -3.16. The van der Waals surface area contributed by atoms with E-state index in [0.29, 0.717) is 12.1 Å². The highest BCUT2D eigenvalue weighted by molar-refractivity contribution is 7.09. The van der Waals surface area contributed by atoms with Gasteiger partial charge in [-0.05, 0) is 49.6 Å². The molecule has 0 radical (unpaired) electrons. The molecule has 10 heteroatoms. The minimum atomic E-state index is -5.08. The summed E-state index contributed by atoms with van der Waals surface area (Å²) in [6, 6.07) is 12.1. The van der Waals surface area contributed by atoms with Gasteiger partial charge in [0.1, 0.15) is 5.82 Å². The molecular weight excluding hydrogens is 419 g/mol. The van der Waals surface area contributed by atoms with E-state index < -0.39 is 12.1 Å².